The van der Waals surface area contributed by atoms with Crippen molar-refractivity contribution in [2.45, 2.75) is 79.0 Å². The van der Waals surface area contributed by atoms with Crippen molar-refractivity contribution >= 4 is 98.1 Å². The molecule has 0 spiro atoms. The SMILES string of the molecule is CC.CC.CC.CC.CN=Nc1c[c-]c(N=Nc2c(S(=O)(=O)O)cc3cc(N(C)C)ccc3c2O)cc1C.CN=Nc1c[c-]c(N=Nc2c(S(=O)(=O)O)cc3cc(NC)ccc3c2O)cc1C.[Y].[Y].c1ccc2ccccc2c1.c1ccccc1. The van der Waals surface area contributed by atoms with Crippen molar-refractivity contribution in [3.05, 3.63) is 181 Å². The largest absolute Gasteiger partial charge is 0.505 e. The van der Waals surface area contributed by atoms with E-state index in [1.807, 2.05) is 111 Å². The normalized spacial score (nSPS) is 10.6. The summed E-state index contributed by atoms with van der Waals surface area (Å²) in [5, 5.41) is 59.5. The fraction of sp³-hybridized carbons (Fsp3) is 0.238. The zero-order chi connectivity index (χ0) is 62.3. The summed E-state index contributed by atoms with van der Waals surface area (Å²) in [6, 6.07) is 53.4. The molecule has 0 fully saturated rings. The van der Waals surface area contributed by atoms with Crippen molar-refractivity contribution < 1.29 is 102 Å². The molecular formula is C63H76N10O8S2Y2-2. The number of aromatic hydroxyl groups is 2. The fourth-order valence-electron chi connectivity index (χ4n) is 7.14. The van der Waals surface area contributed by atoms with Gasteiger partial charge in [-0.05, 0) is 92.8 Å². The minimum absolute atomic E-state index is 0. The minimum atomic E-state index is -4.67. The maximum absolute atomic E-state index is 12.0. The molecule has 0 aliphatic carbocycles. The van der Waals surface area contributed by atoms with Crippen molar-refractivity contribution in [3.8, 4) is 11.5 Å². The van der Waals surface area contributed by atoms with Crippen LogP contribution in [0.15, 0.2) is 208 Å². The quantitative estimate of drug-likeness (QED) is 0.0491. The van der Waals surface area contributed by atoms with E-state index in [9.17, 15) is 36.2 Å². The summed E-state index contributed by atoms with van der Waals surface area (Å²) in [4.78, 5) is 0.741. The van der Waals surface area contributed by atoms with Crippen molar-refractivity contribution in [3.63, 3.8) is 0 Å². The summed E-state index contributed by atoms with van der Waals surface area (Å²) in [7, 11) is -0.869. The summed E-state index contributed by atoms with van der Waals surface area (Å²) in [5.41, 5.74) is 4.14. The number of benzene rings is 9. The van der Waals surface area contributed by atoms with Crippen molar-refractivity contribution in [1.29, 1.82) is 0 Å². The molecule has 0 bridgehead atoms. The Bertz CT molecular complexity index is 3760. The van der Waals surface area contributed by atoms with Crippen molar-refractivity contribution in [1.82, 2.24) is 0 Å². The van der Waals surface area contributed by atoms with Gasteiger partial charge in [-0.25, -0.2) is 20.5 Å². The van der Waals surface area contributed by atoms with E-state index in [1.54, 1.807) is 95.7 Å². The van der Waals surface area contributed by atoms with Crippen LogP contribution in [0.1, 0.15) is 66.5 Å². The predicted molar refractivity (Wildman–Crippen MR) is 340 cm³/mol. The molecule has 18 nitrogen and oxygen atoms in total. The number of nitrogens with zero attached hydrogens (tertiary/aromatic N) is 9. The molecule has 0 heterocycles. The number of hydrogen-bond acceptors (Lipinski definition) is 16. The van der Waals surface area contributed by atoms with Gasteiger partial charge in [-0.15, -0.1) is 45.6 Å². The van der Waals surface area contributed by atoms with Crippen LogP contribution >= 0.6 is 0 Å². The summed E-state index contributed by atoms with van der Waals surface area (Å²) < 4.78 is 67.0. The van der Waals surface area contributed by atoms with Gasteiger partial charge in [0.15, 0.2) is 11.5 Å². The second-order valence-electron chi connectivity index (χ2n) is 16.4. The third-order valence-corrected chi connectivity index (χ3v) is 12.7. The number of anilines is 2. The van der Waals surface area contributed by atoms with E-state index in [2.05, 4.69) is 107 Å². The topological polar surface area (TPSA) is 263 Å². The second-order valence-corrected chi connectivity index (χ2v) is 19.1. The molecule has 22 heteroatoms. The average molecular weight is 1340 g/mol. The Morgan fingerprint density at radius 1 is 0.459 bits per heavy atom. The van der Waals surface area contributed by atoms with Crippen LogP contribution < -0.4 is 10.2 Å². The second kappa shape index (κ2) is 40.7. The molecular weight excluding hydrogens is 1270 g/mol. The average Bonchev–Trinajstić information content (AvgIpc) is 2.82. The third kappa shape index (κ3) is 24.0. The van der Waals surface area contributed by atoms with Gasteiger partial charge in [0.25, 0.3) is 20.2 Å². The third-order valence-electron chi connectivity index (χ3n) is 10.9. The first-order valence-electron chi connectivity index (χ1n) is 26.6. The Hall–Kier alpha value is -6.61. The number of phenols is 2. The van der Waals surface area contributed by atoms with Gasteiger partial charge in [0.05, 0.1) is 0 Å². The first-order valence-corrected chi connectivity index (χ1v) is 29.5. The first-order chi connectivity index (χ1) is 39.8. The van der Waals surface area contributed by atoms with Gasteiger partial charge in [0.2, 0.25) is 0 Å². The minimum Gasteiger partial charge on any atom is -0.505 e. The number of aryl methyl sites for hydroxylation is 2. The summed E-state index contributed by atoms with van der Waals surface area (Å²) in [6.45, 7) is 19.6. The molecule has 0 aliphatic rings. The molecule has 0 saturated heterocycles. The Kier molecular flexibility index (Phi) is 37.5. The molecule has 0 aliphatic heterocycles. The van der Waals surface area contributed by atoms with E-state index in [-0.39, 0.29) is 76.8 Å². The summed E-state index contributed by atoms with van der Waals surface area (Å²) in [6.07, 6.45) is 0. The van der Waals surface area contributed by atoms with Gasteiger partial charge in [-0.1, -0.05) is 154 Å². The molecule has 9 aromatic carbocycles. The van der Waals surface area contributed by atoms with Gasteiger partial charge in [-0.3, -0.25) is 9.11 Å². The standard InChI is InChI=1S/C20H20N5O4S.C19H18N5O4S.C10H8.C6H6.4C2H6.2Y/c1-12-9-14(5-8-17(12)23-21-2)22-24-19-18(30(27,28)29)11-13-10-15(25(3)4)6-7-16(13)20(19)26;1-11-8-14(5-7-16(11)23-21-3)22-24-18-17(29(26,27)28)10-12-9-13(20-2)4-6-15(12)19(18)25;1-2-6-10-8-4-3-7-9(10)5-1;1-2-4-6-5-3-1;4*1-2;;/h6-11,26H,1-4H3,(H,27,28,29);4,6-10,20,25H,1-3H3,(H,26,27,28);1-8H;1-6H;4*1-2H3;;/q2*-1;;;;;;;;. The molecule has 0 unspecified atom stereocenters. The number of phenolic OH excluding ortho intramolecular Hbond substituents is 2. The number of fused-ring (bicyclic) bond motifs is 3. The number of rotatable bonds is 10. The van der Waals surface area contributed by atoms with E-state index in [0.29, 0.717) is 50.0 Å². The van der Waals surface area contributed by atoms with Crippen LogP contribution in [0.4, 0.5) is 45.5 Å². The molecule has 446 valence electrons. The Labute approximate surface area is 552 Å². The Morgan fingerprint density at radius 2 is 0.812 bits per heavy atom. The smallest absolute Gasteiger partial charge is 0.296 e. The zero-order valence-electron chi connectivity index (χ0n) is 50.9. The van der Waals surface area contributed by atoms with E-state index >= 15 is 0 Å². The zero-order valence-corrected chi connectivity index (χ0v) is 58.2. The van der Waals surface area contributed by atoms with E-state index in [0.717, 1.165) is 16.8 Å². The summed E-state index contributed by atoms with van der Waals surface area (Å²) >= 11 is 0. The first kappa shape index (κ1) is 78.4. The molecule has 9 rings (SSSR count). The van der Waals surface area contributed by atoms with E-state index in [1.165, 1.54) is 22.9 Å². The van der Waals surface area contributed by atoms with Crippen LogP contribution in [-0.4, -0.2) is 71.4 Å². The van der Waals surface area contributed by atoms with Crippen LogP contribution in [0, 0.1) is 26.0 Å². The molecule has 5 N–H and O–H groups in total. The maximum atomic E-state index is 12.0. The summed E-state index contributed by atoms with van der Waals surface area (Å²) in [5.74, 6) is -0.808. The molecule has 0 amide bonds. The van der Waals surface area contributed by atoms with Gasteiger partial charge in [0, 0.05) is 123 Å². The van der Waals surface area contributed by atoms with Gasteiger partial charge < -0.3 is 20.4 Å². The monoisotopic (exact) mass is 1340 g/mol. The maximum Gasteiger partial charge on any atom is 0.296 e. The molecule has 0 saturated carbocycles. The van der Waals surface area contributed by atoms with Gasteiger partial charge in [-0.2, -0.15) is 39.2 Å². The van der Waals surface area contributed by atoms with Gasteiger partial charge in [0.1, 0.15) is 21.2 Å². The van der Waals surface area contributed by atoms with Crippen LogP contribution in [0.5, 0.6) is 11.5 Å². The van der Waals surface area contributed by atoms with Crippen LogP contribution in [0.3, 0.4) is 0 Å². The molecule has 0 aromatic heterocycles. The number of nitrogens with one attached hydrogen (secondary N) is 1. The van der Waals surface area contributed by atoms with E-state index < -0.39 is 41.5 Å². The van der Waals surface area contributed by atoms with Crippen molar-refractivity contribution in [2.75, 3.05) is 45.5 Å². The van der Waals surface area contributed by atoms with Crippen LogP contribution in [0.2, 0.25) is 0 Å². The molecule has 9 aromatic rings. The molecule has 85 heavy (non-hydrogen) atoms. The number of azo groups is 4. The predicted octanol–water partition coefficient (Wildman–Crippen LogP) is 18.8. The molecule has 0 atom stereocenters. The Balaban J connectivity index is 0.00000118. The van der Waals surface area contributed by atoms with Gasteiger partial charge >= 0.3 is 0 Å². The van der Waals surface area contributed by atoms with Crippen LogP contribution in [-0.2, 0) is 85.7 Å². The fourth-order valence-corrected chi connectivity index (χ4v) is 8.45. The molecule has 2 radical (unpaired) electrons. The van der Waals surface area contributed by atoms with E-state index in [4.69, 9.17) is 0 Å². The van der Waals surface area contributed by atoms with Crippen LogP contribution in [0.25, 0.3) is 32.3 Å². The Morgan fingerprint density at radius 3 is 1.13 bits per heavy atom. The number of hydrogen-bond donors (Lipinski definition) is 5. The van der Waals surface area contributed by atoms with Crippen molar-refractivity contribution in [2.24, 2.45) is 40.9 Å².